The van der Waals surface area contributed by atoms with Gasteiger partial charge in [0.1, 0.15) is 0 Å². The van der Waals surface area contributed by atoms with Gasteiger partial charge in [-0.15, -0.1) is 0 Å². The van der Waals surface area contributed by atoms with Gasteiger partial charge in [0, 0.05) is 17.1 Å². The maximum Gasteiger partial charge on any atom is 0.0406 e. The minimum atomic E-state index is 0.407. The Morgan fingerprint density at radius 2 is 1.82 bits per heavy atom. The molecule has 1 nitrogen and oxygen atoms in total. The van der Waals surface area contributed by atoms with Crippen LogP contribution in [-0.4, -0.2) is 6.04 Å². The van der Waals surface area contributed by atoms with Gasteiger partial charge in [0.05, 0.1) is 0 Å². The Morgan fingerprint density at radius 1 is 1.18 bits per heavy atom. The summed E-state index contributed by atoms with van der Waals surface area (Å²) in [5.41, 5.74) is 1.32. The average molecular weight is 252 g/mol. The molecule has 1 aliphatic carbocycles. The van der Waals surface area contributed by atoms with Crippen molar-refractivity contribution in [1.29, 1.82) is 0 Å². The lowest BCUT2D eigenvalue weighted by Gasteiger charge is -2.24. The summed E-state index contributed by atoms with van der Waals surface area (Å²) < 4.78 is 0. The summed E-state index contributed by atoms with van der Waals surface area (Å²) >= 11 is 5.91. The maximum absolute atomic E-state index is 5.91. The van der Waals surface area contributed by atoms with Crippen molar-refractivity contribution < 1.29 is 0 Å². The molecule has 1 fully saturated rings. The normalized spacial score (nSPS) is 30.5. The molecule has 0 aliphatic heterocycles. The fourth-order valence-corrected chi connectivity index (χ4v) is 2.89. The van der Waals surface area contributed by atoms with Crippen LogP contribution in [0.15, 0.2) is 24.3 Å². The van der Waals surface area contributed by atoms with E-state index >= 15 is 0 Å². The van der Waals surface area contributed by atoms with Crippen LogP contribution in [0.2, 0.25) is 5.02 Å². The van der Waals surface area contributed by atoms with Gasteiger partial charge in [-0.1, -0.05) is 37.6 Å². The van der Waals surface area contributed by atoms with Gasteiger partial charge in [0.15, 0.2) is 0 Å². The van der Waals surface area contributed by atoms with E-state index in [1.165, 1.54) is 18.4 Å². The largest absolute Gasteiger partial charge is 0.307 e. The third-order valence-electron chi connectivity index (χ3n) is 4.30. The Balaban J connectivity index is 1.97. The van der Waals surface area contributed by atoms with Crippen LogP contribution >= 0.6 is 11.6 Å². The van der Waals surface area contributed by atoms with Crippen LogP contribution in [0.3, 0.4) is 0 Å². The molecule has 17 heavy (non-hydrogen) atoms. The summed E-state index contributed by atoms with van der Waals surface area (Å²) in [5.74, 6) is 1.63. The number of nitrogens with one attached hydrogen (secondary N) is 1. The number of rotatable bonds is 3. The molecule has 0 bridgehead atoms. The van der Waals surface area contributed by atoms with Crippen molar-refractivity contribution in [2.75, 3.05) is 0 Å². The van der Waals surface area contributed by atoms with Crippen LogP contribution < -0.4 is 5.32 Å². The Hall–Kier alpha value is -0.530. The zero-order valence-corrected chi connectivity index (χ0v) is 11.7. The van der Waals surface area contributed by atoms with E-state index in [4.69, 9.17) is 11.6 Å². The first-order valence-electron chi connectivity index (χ1n) is 6.59. The summed E-state index contributed by atoms with van der Waals surface area (Å²) in [6, 6.07) is 9.23. The molecular formula is C15H22ClN. The van der Waals surface area contributed by atoms with Gasteiger partial charge in [-0.25, -0.2) is 0 Å². The quantitative estimate of drug-likeness (QED) is 0.838. The molecule has 1 aliphatic rings. The fourth-order valence-electron chi connectivity index (χ4n) is 2.77. The van der Waals surface area contributed by atoms with Crippen molar-refractivity contribution in [3.05, 3.63) is 34.9 Å². The minimum Gasteiger partial charge on any atom is -0.307 e. The topological polar surface area (TPSA) is 12.0 Å². The smallest absolute Gasteiger partial charge is 0.0406 e. The lowest BCUT2D eigenvalue weighted by atomic mass is 9.96. The van der Waals surface area contributed by atoms with E-state index in [9.17, 15) is 0 Å². The molecule has 1 aromatic rings. The number of hydrogen-bond acceptors (Lipinski definition) is 1. The first kappa shape index (κ1) is 12.9. The first-order chi connectivity index (χ1) is 8.08. The predicted octanol–water partition coefficient (Wildman–Crippen LogP) is 4.43. The summed E-state index contributed by atoms with van der Waals surface area (Å²) in [4.78, 5) is 0. The van der Waals surface area contributed by atoms with Crippen molar-refractivity contribution in [2.45, 2.75) is 45.7 Å². The maximum atomic E-state index is 5.91. The molecule has 4 unspecified atom stereocenters. The van der Waals surface area contributed by atoms with E-state index < -0.39 is 0 Å². The summed E-state index contributed by atoms with van der Waals surface area (Å²) in [7, 11) is 0. The highest BCUT2D eigenvalue weighted by Gasteiger charge is 2.30. The van der Waals surface area contributed by atoms with Crippen LogP contribution in [0.4, 0.5) is 0 Å². The van der Waals surface area contributed by atoms with Crippen LogP contribution in [-0.2, 0) is 0 Å². The summed E-state index contributed by atoms with van der Waals surface area (Å²) in [6.07, 6.45) is 2.66. The van der Waals surface area contributed by atoms with Crippen molar-refractivity contribution in [1.82, 2.24) is 5.32 Å². The number of hydrogen-bond donors (Lipinski definition) is 1. The molecule has 0 saturated heterocycles. The number of halogens is 1. The van der Waals surface area contributed by atoms with Crippen LogP contribution in [0, 0.1) is 11.8 Å². The van der Waals surface area contributed by atoms with Crippen molar-refractivity contribution >= 4 is 11.6 Å². The highest BCUT2D eigenvalue weighted by molar-refractivity contribution is 6.30. The molecule has 4 atom stereocenters. The number of benzene rings is 1. The second-order valence-corrected chi connectivity index (χ2v) is 5.90. The Labute approximate surface area is 110 Å². The van der Waals surface area contributed by atoms with Gasteiger partial charge in [-0.2, -0.15) is 0 Å². The lowest BCUT2D eigenvalue weighted by molar-refractivity contribution is 0.347. The average Bonchev–Trinajstić information content (AvgIpc) is 2.62. The van der Waals surface area contributed by atoms with Gasteiger partial charge < -0.3 is 5.32 Å². The first-order valence-corrected chi connectivity index (χ1v) is 6.97. The zero-order chi connectivity index (χ0) is 12.4. The Bertz CT molecular complexity index is 360. The summed E-state index contributed by atoms with van der Waals surface area (Å²) in [5, 5.41) is 4.56. The molecule has 0 spiro atoms. The van der Waals surface area contributed by atoms with Gasteiger partial charge in [0.2, 0.25) is 0 Å². The molecule has 0 heterocycles. The molecule has 1 saturated carbocycles. The monoisotopic (exact) mass is 251 g/mol. The molecule has 2 rings (SSSR count). The van der Waals surface area contributed by atoms with Crippen LogP contribution in [0.5, 0.6) is 0 Å². The second-order valence-electron chi connectivity index (χ2n) is 5.46. The van der Waals surface area contributed by atoms with Crippen molar-refractivity contribution in [3.63, 3.8) is 0 Å². The highest BCUT2D eigenvalue weighted by Crippen LogP contribution is 2.32. The predicted molar refractivity (Wildman–Crippen MR) is 74.4 cm³/mol. The van der Waals surface area contributed by atoms with E-state index in [1.54, 1.807) is 0 Å². The highest BCUT2D eigenvalue weighted by atomic mass is 35.5. The van der Waals surface area contributed by atoms with E-state index in [0.29, 0.717) is 12.1 Å². The van der Waals surface area contributed by atoms with E-state index in [0.717, 1.165) is 16.9 Å². The molecule has 0 radical (unpaired) electrons. The zero-order valence-electron chi connectivity index (χ0n) is 10.9. The SMILES string of the molecule is CC(NC1CCC(C)C1C)c1ccc(Cl)cc1. The Kier molecular flexibility index (Phi) is 4.11. The minimum absolute atomic E-state index is 0.407. The second kappa shape index (κ2) is 5.41. The lowest BCUT2D eigenvalue weighted by Crippen LogP contribution is -2.34. The molecule has 2 heteroatoms. The third kappa shape index (κ3) is 3.02. The molecule has 1 aromatic carbocycles. The summed E-state index contributed by atoms with van der Waals surface area (Å²) in [6.45, 7) is 6.96. The molecule has 0 amide bonds. The van der Waals surface area contributed by atoms with Crippen LogP contribution in [0.25, 0.3) is 0 Å². The Morgan fingerprint density at radius 3 is 2.35 bits per heavy atom. The standard InChI is InChI=1S/C15H22ClN/c1-10-4-9-15(11(10)2)17-12(3)13-5-7-14(16)8-6-13/h5-8,10-12,15,17H,4,9H2,1-3H3. The molecule has 0 aromatic heterocycles. The molecule has 94 valence electrons. The van der Waals surface area contributed by atoms with E-state index in [2.05, 4.69) is 38.2 Å². The van der Waals surface area contributed by atoms with Gasteiger partial charge in [-0.3, -0.25) is 0 Å². The van der Waals surface area contributed by atoms with Gasteiger partial charge in [-0.05, 0) is 49.3 Å². The molecule has 1 N–H and O–H groups in total. The van der Waals surface area contributed by atoms with Crippen molar-refractivity contribution in [2.24, 2.45) is 11.8 Å². The van der Waals surface area contributed by atoms with Gasteiger partial charge in [0.25, 0.3) is 0 Å². The molecular weight excluding hydrogens is 230 g/mol. The van der Waals surface area contributed by atoms with Crippen molar-refractivity contribution in [3.8, 4) is 0 Å². The van der Waals surface area contributed by atoms with Crippen LogP contribution in [0.1, 0.15) is 45.2 Å². The van der Waals surface area contributed by atoms with Gasteiger partial charge >= 0.3 is 0 Å². The van der Waals surface area contributed by atoms with E-state index in [-0.39, 0.29) is 0 Å². The fraction of sp³-hybridized carbons (Fsp3) is 0.600. The third-order valence-corrected chi connectivity index (χ3v) is 4.55. The van der Waals surface area contributed by atoms with E-state index in [1.807, 2.05) is 12.1 Å².